The predicted molar refractivity (Wildman–Crippen MR) is 122 cm³/mol. The van der Waals surface area contributed by atoms with Gasteiger partial charge in [-0.05, 0) is 49.6 Å². The number of nitrogens with one attached hydrogen (secondary N) is 1. The maximum atomic E-state index is 13.1. The Hall–Kier alpha value is -2.96. The minimum atomic E-state index is -4.63. The van der Waals surface area contributed by atoms with E-state index >= 15 is 0 Å². The predicted octanol–water partition coefficient (Wildman–Crippen LogP) is 3.80. The zero-order chi connectivity index (χ0) is 25.2. The molecule has 13 heteroatoms. The molecule has 3 aromatic rings. The number of hydrogen-bond acceptors (Lipinski definition) is 6. The highest BCUT2D eigenvalue weighted by Gasteiger charge is 2.40. The number of carbonyl (C=O) groups excluding carboxylic acids is 1. The largest absolute Gasteiger partial charge is 0.451 e. The first-order valence-electron chi connectivity index (χ1n) is 10.6. The van der Waals surface area contributed by atoms with Crippen molar-refractivity contribution >= 4 is 28.5 Å². The number of alkyl halides is 3. The number of hydrogen-bond donors (Lipinski definition) is 1. The van der Waals surface area contributed by atoms with E-state index in [4.69, 9.17) is 11.6 Å². The monoisotopic (exact) mass is 524 g/mol. The van der Waals surface area contributed by atoms with Crippen molar-refractivity contribution in [2.75, 3.05) is 0 Å². The molecule has 0 radical (unpaired) electrons. The second-order valence-electron chi connectivity index (χ2n) is 7.93. The lowest BCUT2D eigenvalue weighted by Gasteiger charge is -2.25. The maximum Gasteiger partial charge on any atom is 0.451 e. The van der Waals surface area contributed by atoms with Crippen LogP contribution in [0.5, 0.6) is 0 Å². The van der Waals surface area contributed by atoms with Crippen molar-refractivity contribution < 1.29 is 22.2 Å². The van der Waals surface area contributed by atoms with E-state index in [1.54, 1.807) is 28.6 Å². The zero-order valence-electron chi connectivity index (χ0n) is 18.4. The summed E-state index contributed by atoms with van der Waals surface area (Å²) in [7, 11) is -1.63. The van der Waals surface area contributed by atoms with Gasteiger partial charge in [-0.1, -0.05) is 11.6 Å². The van der Waals surface area contributed by atoms with Gasteiger partial charge < -0.3 is 5.32 Å². The number of rotatable bonds is 6. The Balaban J connectivity index is 1.43. The second kappa shape index (κ2) is 10.3. The highest BCUT2D eigenvalue weighted by Crippen LogP contribution is 2.29. The van der Waals surface area contributed by atoms with Gasteiger partial charge in [-0.3, -0.25) is 9.78 Å². The van der Waals surface area contributed by atoms with Crippen LogP contribution in [0.25, 0.3) is 11.3 Å². The molecule has 3 atom stereocenters. The van der Waals surface area contributed by atoms with Crippen LogP contribution in [0, 0.1) is 0 Å². The smallest absolute Gasteiger partial charge is 0.351 e. The number of amides is 1. The van der Waals surface area contributed by atoms with Gasteiger partial charge in [-0.15, -0.1) is 0 Å². The number of aromatic nitrogens is 4. The van der Waals surface area contributed by atoms with Crippen LogP contribution < -0.4 is 5.32 Å². The summed E-state index contributed by atoms with van der Waals surface area (Å²) in [6.45, 7) is 2.06. The van der Waals surface area contributed by atoms with Crippen LogP contribution in [0.15, 0.2) is 54.1 Å². The van der Waals surface area contributed by atoms with Gasteiger partial charge in [0.05, 0.1) is 10.7 Å². The molecule has 1 aliphatic rings. The van der Waals surface area contributed by atoms with E-state index in [-0.39, 0.29) is 18.5 Å². The molecule has 184 valence electrons. The van der Waals surface area contributed by atoms with E-state index in [9.17, 15) is 22.2 Å². The van der Waals surface area contributed by atoms with Crippen LogP contribution in [0.2, 0.25) is 5.02 Å². The molecule has 0 saturated carbocycles. The van der Waals surface area contributed by atoms with Crippen molar-refractivity contribution in [3.63, 3.8) is 0 Å². The molecule has 1 fully saturated rings. The number of nitrogens with zero attached hydrogens (tertiary/aromatic N) is 5. The zero-order valence-corrected chi connectivity index (χ0v) is 19.9. The van der Waals surface area contributed by atoms with E-state index in [2.05, 4.69) is 25.3 Å². The van der Waals surface area contributed by atoms with Gasteiger partial charge in [0.1, 0.15) is 22.1 Å². The molecule has 35 heavy (non-hydrogen) atoms. The van der Waals surface area contributed by atoms with E-state index in [1.807, 2.05) is 6.92 Å². The van der Waals surface area contributed by atoms with Crippen molar-refractivity contribution in [2.24, 2.45) is 0 Å². The lowest BCUT2D eigenvalue weighted by Crippen LogP contribution is -2.46. The fourth-order valence-corrected chi connectivity index (χ4v) is 5.24. The van der Waals surface area contributed by atoms with Crippen LogP contribution in [0.3, 0.4) is 0 Å². The van der Waals surface area contributed by atoms with Crippen molar-refractivity contribution in [1.29, 1.82) is 0 Å². The lowest BCUT2D eigenvalue weighted by atomic mass is 10.1. The molecule has 1 amide bonds. The van der Waals surface area contributed by atoms with E-state index in [1.165, 1.54) is 12.4 Å². The van der Waals surface area contributed by atoms with Crippen molar-refractivity contribution in [3.8, 4) is 11.3 Å². The minimum absolute atomic E-state index is 0.0868. The van der Waals surface area contributed by atoms with Gasteiger partial charge in [0, 0.05) is 42.9 Å². The first-order valence-corrected chi connectivity index (χ1v) is 12.1. The molecule has 0 aliphatic carbocycles. The molecule has 0 bridgehead atoms. The molecule has 4 heterocycles. The Labute approximate surface area is 206 Å². The van der Waals surface area contributed by atoms with Gasteiger partial charge in [0.2, 0.25) is 11.7 Å². The summed E-state index contributed by atoms with van der Waals surface area (Å²) < 4.78 is 52.8. The fraction of sp³-hybridized carbons (Fsp3) is 0.318. The van der Waals surface area contributed by atoms with Gasteiger partial charge in [0.15, 0.2) is 0 Å². The summed E-state index contributed by atoms with van der Waals surface area (Å²) in [5.74, 6) is -1.51. The summed E-state index contributed by atoms with van der Waals surface area (Å²) in [6.07, 6.45) is 1.61. The molecular weight excluding hydrogens is 505 g/mol. The number of pyridine rings is 2. The molecule has 1 aliphatic heterocycles. The third-order valence-electron chi connectivity index (χ3n) is 5.47. The standard InChI is InChI=1S/C22H20ClF3N6O2S/c1-13-2-4-18(32(13)35(34)19-5-3-16(23)12-28-19)20(33)29-9-14-6-7-27-17(8-14)15-10-30-21(31-11-15)22(24,25)26/h3,5-8,10-13,18H,2,4,9H2,1H3,(H,29,33)/t13-,18-,35?/m0/s1. The van der Waals surface area contributed by atoms with Crippen molar-refractivity contribution in [2.45, 2.75) is 49.6 Å². The third-order valence-corrected chi connectivity index (χ3v) is 7.29. The molecule has 0 aromatic carbocycles. The molecule has 0 spiro atoms. The Bertz CT molecular complexity index is 1230. The van der Waals surface area contributed by atoms with Crippen LogP contribution in [-0.2, 0) is 28.5 Å². The summed E-state index contributed by atoms with van der Waals surface area (Å²) in [6, 6.07) is 5.79. The van der Waals surface area contributed by atoms with Crippen molar-refractivity contribution in [3.05, 3.63) is 65.5 Å². The molecular formula is C22H20ClF3N6O2S. The number of halogens is 4. The maximum absolute atomic E-state index is 13.1. The van der Waals surface area contributed by atoms with Crippen LogP contribution in [0.1, 0.15) is 31.2 Å². The Morgan fingerprint density at radius 1 is 1.14 bits per heavy atom. The first-order chi connectivity index (χ1) is 16.6. The average molecular weight is 525 g/mol. The molecule has 3 aromatic heterocycles. The highest BCUT2D eigenvalue weighted by molar-refractivity contribution is 7.82. The Morgan fingerprint density at radius 3 is 2.54 bits per heavy atom. The second-order valence-corrected chi connectivity index (χ2v) is 9.70. The van der Waals surface area contributed by atoms with Gasteiger partial charge in [-0.2, -0.15) is 13.2 Å². The van der Waals surface area contributed by atoms with Gasteiger partial charge in [0.25, 0.3) is 0 Å². The summed E-state index contributed by atoms with van der Waals surface area (Å²) in [5.41, 5.74) is 1.37. The fourth-order valence-electron chi connectivity index (χ4n) is 3.72. The summed E-state index contributed by atoms with van der Waals surface area (Å²) >= 11 is 5.86. The van der Waals surface area contributed by atoms with Gasteiger partial charge >= 0.3 is 6.18 Å². The molecule has 1 saturated heterocycles. The topological polar surface area (TPSA) is 101 Å². The van der Waals surface area contributed by atoms with E-state index in [0.29, 0.717) is 39.7 Å². The first kappa shape index (κ1) is 25.1. The van der Waals surface area contributed by atoms with E-state index < -0.39 is 29.0 Å². The highest BCUT2D eigenvalue weighted by atomic mass is 35.5. The molecule has 1 unspecified atom stereocenters. The number of carbonyl (C=O) groups is 1. The third kappa shape index (κ3) is 5.82. The molecule has 8 nitrogen and oxygen atoms in total. The SMILES string of the molecule is C[C@H]1CC[C@@H](C(=O)NCc2ccnc(-c3cnc(C(F)(F)F)nc3)c2)N1S(=O)c1ccc(Cl)cn1. The minimum Gasteiger partial charge on any atom is -0.351 e. The van der Waals surface area contributed by atoms with Crippen LogP contribution >= 0.6 is 11.6 Å². The van der Waals surface area contributed by atoms with E-state index in [0.717, 1.165) is 12.4 Å². The van der Waals surface area contributed by atoms with Gasteiger partial charge in [-0.25, -0.2) is 23.5 Å². The van der Waals surface area contributed by atoms with Crippen LogP contribution in [-0.4, -0.2) is 46.4 Å². The normalized spacial score (nSPS) is 19.5. The van der Waals surface area contributed by atoms with Crippen molar-refractivity contribution in [1.82, 2.24) is 29.6 Å². The molecule has 1 N–H and O–H groups in total. The summed E-state index contributed by atoms with van der Waals surface area (Å²) in [4.78, 5) is 28.0. The Kier molecular flexibility index (Phi) is 7.43. The average Bonchev–Trinajstić information content (AvgIpc) is 3.23. The lowest BCUT2D eigenvalue weighted by molar-refractivity contribution is -0.145. The molecule has 4 rings (SSSR count). The van der Waals surface area contributed by atoms with Crippen LogP contribution in [0.4, 0.5) is 13.2 Å². The Morgan fingerprint density at radius 2 is 1.89 bits per heavy atom. The summed E-state index contributed by atoms with van der Waals surface area (Å²) in [5, 5.41) is 3.59. The quantitative estimate of drug-likeness (QED) is 0.526.